The van der Waals surface area contributed by atoms with E-state index in [1.165, 1.54) is 0 Å². The molecule has 6 nitrogen and oxygen atoms in total. The van der Waals surface area contributed by atoms with Gasteiger partial charge in [0.1, 0.15) is 18.1 Å². The Morgan fingerprint density at radius 1 is 1.09 bits per heavy atom. The molecule has 0 radical (unpaired) electrons. The lowest BCUT2D eigenvalue weighted by Crippen LogP contribution is -2.12. The van der Waals surface area contributed by atoms with Gasteiger partial charge in [-0.15, -0.1) is 0 Å². The summed E-state index contributed by atoms with van der Waals surface area (Å²) in [6, 6.07) is 17.1. The zero-order chi connectivity index (χ0) is 23.5. The molecule has 0 aliphatic rings. The Hall–Kier alpha value is -3.51. The number of benzene rings is 2. The Morgan fingerprint density at radius 2 is 1.88 bits per heavy atom. The Morgan fingerprint density at radius 3 is 2.67 bits per heavy atom. The smallest absolute Gasteiger partial charge is 0.291 e. The van der Waals surface area contributed by atoms with Crippen LogP contribution in [0.15, 0.2) is 59.0 Å². The number of halogens is 1. The van der Waals surface area contributed by atoms with Crippen LogP contribution in [0, 0.1) is 27.7 Å². The summed E-state index contributed by atoms with van der Waals surface area (Å²) in [4.78, 5) is 12.8. The Balaban J connectivity index is 1.44. The number of amides is 1. The molecule has 0 aliphatic carbocycles. The predicted octanol–water partition coefficient (Wildman–Crippen LogP) is 6.24. The second-order valence-corrected chi connectivity index (χ2v) is 8.48. The Bertz CT molecular complexity index is 1310. The van der Waals surface area contributed by atoms with Crippen molar-refractivity contribution in [3.8, 4) is 5.75 Å². The van der Waals surface area contributed by atoms with Crippen LogP contribution in [0.4, 0.5) is 5.69 Å². The lowest BCUT2D eigenvalue weighted by Gasteiger charge is -2.09. The first-order valence-corrected chi connectivity index (χ1v) is 11.1. The van der Waals surface area contributed by atoms with Gasteiger partial charge in [-0.3, -0.25) is 9.48 Å². The fourth-order valence-electron chi connectivity index (χ4n) is 3.58. The number of nitrogens with one attached hydrogen (secondary N) is 1. The molecule has 4 aromatic rings. The molecule has 0 saturated heterocycles. The molecule has 7 heteroatoms. The summed E-state index contributed by atoms with van der Waals surface area (Å²) in [6.45, 7) is 8.54. The van der Waals surface area contributed by atoms with E-state index >= 15 is 0 Å². The van der Waals surface area contributed by atoms with E-state index in [9.17, 15) is 4.79 Å². The summed E-state index contributed by atoms with van der Waals surface area (Å²) >= 11 is 6.29. The highest BCUT2D eigenvalue weighted by Crippen LogP contribution is 2.24. The number of carbonyl (C=O) groups is 1. The van der Waals surface area contributed by atoms with Crippen LogP contribution in [0.3, 0.4) is 0 Å². The molecule has 170 valence electrons. The number of carbonyl (C=O) groups excluding carboxylic acids is 1. The van der Waals surface area contributed by atoms with E-state index in [4.69, 9.17) is 20.8 Å². The van der Waals surface area contributed by atoms with E-state index in [1.807, 2.05) is 74.8 Å². The van der Waals surface area contributed by atoms with Gasteiger partial charge in [-0.2, -0.15) is 5.10 Å². The quantitative estimate of drug-likeness (QED) is 0.352. The molecule has 0 spiro atoms. The van der Waals surface area contributed by atoms with E-state index < -0.39 is 0 Å². The maximum Gasteiger partial charge on any atom is 0.291 e. The SMILES string of the molecule is Cc1ccc(C)c(OCc2ccc(C(=O)Nc3c(C)nn(Cc4ccccc4Cl)c3C)o2)c1. The van der Waals surface area contributed by atoms with Crippen LogP contribution in [-0.2, 0) is 13.2 Å². The van der Waals surface area contributed by atoms with E-state index in [0.29, 0.717) is 23.0 Å². The van der Waals surface area contributed by atoms with Crippen molar-refractivity contribution in [2.75, 3.05) is 5.32 Å². The summed E-state index contributed by atoms with van der Waals surface area (Å²) < 4.78 is 13.4. The van der Waals surface area contributed by atoms with Gasteiger partial charge in [0, 0.05) is 5.02 Å². The molecule has 2 heterocycles. The van der Waals surface area contributed by atoms with E-state index in [2.05, 4.69) is 10.4 Å². The molecule has 2 aromatic heterocycles. The number of aryl methyl sites for hydroxylation is 3. The zero-order valence-corrected chi connectivity index (χ0v) is 19.9. The maximum absolute atomic E-state index is 12.8. The maximum atomic E-state index is 12.8. The minimum atomic E-state index is -0.337. The molecule has 33 heavy (non-hydrogen) atoms. The summed E-state index contributed by atoms with van der Waals surface area (Å²) in [5.41, 5.74) is 5.35. The highest BCUT2D eigenvalue weighted by Gasteiger charge is 2.18. The van der Waals surface area contributed by atoms with Crippen LogP contribution in [0.5, 0.6) is 5.75 Å². The first-order valence-electron chi connectivity index (χ1n) is 10.7. The van der Waals surface area contributed by atoms with Gasteiger partial charge in [-0.05, 0) is 68.7 Å². The standard InChI is InChI=1S/C26H26ClN3O3/c1-16-9-10-17(2)24(13-16)32-15-21-11-12-23(33-21)26(31)28-25-18(3)29-30(19(25)4)14-20-7-5-6-8-22(20)27/h5-13H,14-15H2,1-4H3,(H,28,31). The second kappa shape index (κ2) is 9.55. The average Bonchev–Trinajstić information content (AvgIpc) is 3.36. The van der Waals surface area contributed by atoms with E-state index in [-0.39, 0.29) is 18.3 Å². The molecule has 0 atom stereocenters. The van der Waals surface area contributed by atoms with E-state index in [1.54, 1.807) is 12.1 Å². The summed E-state index contributed by atoms with van der Waals surface area (Å²) in [5, 5.41) is 8.18. The number of anilines is 1. The third kappa shape index (κ3) is 5.12. The van der Waals surface area contributed by atoms with Crippen molar-refractivity contribution >= 4 is 23.2 Å². The van der Waals surface area contributed by atoms with Crippen molar-refractivity contribution < 1.29 is 13.9 Å². The van der Waals surface area contributed by atoms with Crippen molar-refractivity contribution in [2.45, 2.75) is 40.8 Å². The lowest BCUT2D eigenvalue weighted by atomic mass is 10.1. The van der Waals surface area contributed by atoms with Crippen molar-refractivity contribution in [2.24, 2.45) is 0 Å². The molecule has 2 aromatic carbocycles. The normalized spacial score (nSPS) is 10.9. The lowest BCUT2D eigenvalue weighted by molar-refractivity contribution is 0.0992. The molecule has 0 bridgehead atoms. The number of furan rings is 1. The molecule has 0 aliphatic heterocycles. The van der Waals surface area contributed by atoms with Gasteiger partial charge in [-0.1, -0.05) is 41.9 Å². The minimum Gasteiger partial charge on any atom is -0.485 e. The van der Waals surface area contributed by atoms with Crippen LogP contribution < -0.4 is 10.1 Å². The summed E-state index contributed by atoms with van der Waals surface area (Å²) in [6.07, 6.45) is 0. The molecule has 0 saturated carbocycles. The fourth-order valence-corrected chi connectivity index (χ4v) is 3.78. The number of aromatic nitrogens is 2. The fraction of sp³-hybridized carbons (Fsp3) is 0.231. The number of hydrogen-bond donors (Lipinski definition) is 1. The number of nitrogens with zero attached hydrogens (tertiary/aromatic N) is 2. The second-order valence-electron chi connectivity index (χ2n) is 8.07. The monoisotopic (exact) mass is 463 g/mol. The molecule has 1 N–H and O–H groups in total. The number of rotatable bonds is 7. The van der Waals surface area contributed by atoms with Gasteiger partial charge in [0.15, 0.2) is 5.76 Å². The molecule has 0 unspecified atom stereocenters. The van der Waals surface area contributed by atoms with Crippen LogP contribution in [0.2, 0.25) is 5.02 Å². The van der Waals surface area contributed by atoms with Gasteiger partial charge >= 0.3 is 0 Å². The van der Waals surface area contributed by atoms with Gasteiger partial charge in [0.25, 0.3) is 5.91 Å². The van der Waals surface area contributed by atoms with Gasteiger partial charge < -0.3 is 14.5 Å². The first kappa shape index (κ1) is 22.7. The van der Waals surface area contributed by atoms with Crippen molar-refractivity contribution in [3.05, 3.63) is 99.2 Å². The van der Waals surface area contributed by atoms with Crippen LogP contribution in [-0.4, -0.2) is 15.7 Å². The largest absolute Gasteiger partial charge is 0.485 e. The van der Waals surface area contributed by atoms with Crippen molar-refractivity contribution in [3.63, 3.8) is 0 Å². The van der Waals surface area contributed by atoms with Gasteiger partial charge in [-0.25, -0.2) is 0 Å². The Labute approximate surface area is 198 Å². The molecular weight excluding hydrogens is 438 g/mol. The third-order valence-corrected chi connectivity index (χ3v) is 5.87. The zero-order valence-electron chi connectivity index (χ0n) is 19.1. The average molecular weight is 464 g/mol. The van der Waals surface area contributed by atoms with E-state index in [0.717, 1.165) is 33.8 Å². The summed E-state index contributed by atoms with van der Waals surface area (Å²) in [5.74, 6) is 1.25. The van der Waals surface area contributed by atoms with Crippen LogP contribution in [0.1, 0.15) is 44.4 Å². The van der Waals surface area contributed by atoms with Crippen LogP contribution >= 0.6 is 11.6 Å². The molecule has 4 rings (SSSR count). The number of ether oxygens (including phenoxy) is 1. The van der Waals surface area contributed by atoms with Crippen LogP contribution in [0.25, 0.3) is 0 Å². The predicted molar refractivity (Wildman–Crippen MR) is 129 cm³/mol. The van der Waals surface area contributed by atoms with Gasteiger partial charge in [0.05, 0.1) is 23.6 Å². The van der Waals surface area contributed by atoms with Crippen molar-refractivity contribution in [1.82, 2.24) is 9.78 Å². The molecule has 1 amide bonds. The Kier molecular flexibility index (Phi) is 6.56. The topological polar surface area (TPSA) is 69.3 Å². The minimum absolute atomic E-state index is 0.215. The van der Waals surface area contributed by atoms with Gasteiger partial charge in [0.2, 0.25) is 0 Å². The molecular formula is C26H26ClN3O3. The third-order valence-electron chi connectivity index (χ3n) is 5.50. The highest BCUT2D eigenvalue weighted by atomic mass is 35.5. The molecule has 0 fully saturated rings. The summed E-state index contributed by atoms with van der Waals surface area (Å²) in [7, 11) is 0. The first-order chi connectivity index (χ1) is 15.8. The highest BCUT2D eigenvalue weighted by molar-refractivity contribution is 6.31. The number of hydrogen-bond acceptors (Lipinski definition) is 4. The van der Waals surface area contributed by atoms with Crippen molar-refractivity contribution in [1.29, 1.82) is 0 Å².